The highest BCUT2D eigenvalue weighted by Crippen LogP contribution is 2.33. The second kappa shape index (κ2) is 12.0. The van der Waals surface area contributed by atoms with E-state index in [1.807, 2.05) is 53.1 Å². The van der Waals surface area contributed by atoms with E-state index >= 15 is 0 Å². The predicted molar refractivity (Wildman–Crippen MR) is 175 cm³/mol. The molecule has 0 saturated heterocycles. The summed E-state index contributed by atoms with van der Waals surface area (Å²) in [6.45, 7) is 7.56. The van der Waals surface area contributed by atoms with Crippen LogP contribution in [0.1, 0.15) is 27.2 Å². The molecule has 6 aromatic rings. The van der Waals surface area contributed by atoms with Crippen molar-refractivity contribution >= 4 is 39.3 Å². The number of rotatable bonds is 9. The van der Waals surface area contributed by atoms with E-state index in [9.17, 15) is 9.18 Å². The lowest BCUT2D eigenvalue weighted by Crippen LogP contribution is -2.20. The normalized spacial score (nSPS) is 11.9. The highest BCUT2D eigenvalue weighted by Gasteiger charge is 2.18. The summed E-state index contributed by atoms with van der Waals surface area (Å²) in [4.78, 5) is 36.1. The molecule has 0 aliphatic carbocycles. The van der Waals surface area contributed by atoms with Crippen LogP contribution in [0, 0.1) is 11.2 Å². The molecule has 0 saturated carbocycles. The van der Waals surface area contributed by atoms with Crippen LogP contribution in [0.15, 0.2) is 61.3 Å². The first-order valence-electron chi connectivity index (χ1n) is 14.7. The standard InChI is InChI=1S/C33H35FN10O/c1-33(2,3)13-28(45)39-24-10-20(14-35-16-24)21-11-25-30(42-43-31(25)38-15-21)32-40-27-18-36-17-26(29(27)41-32)19-8-22(34)12-23(9-19)37-6-7-44(4)5/h8-12,14-18,37H,6-7,13H2,1-5H3,(H,39,45)(H,40,41)(H,38,42,43). The van der Waals surface area contributed by atoms with Gasteiger partial charge in [0.1, 0.15) is 11.5 Å². The second-order valence-electron chi connectivity index (χ2n) is 12.6. The zero-order chi connectivity index (χ0) is 31.7. The largest absolute Gasteiger partial charge is 0.384 e. The Morgan fingerprint density at radius 2 is 1.71 bits per heavy atom. The topological polar surface area (TPSA) is 140 Å². The zero-order valence-corrected chi connectivity index (χ0v) is 25.9. The highest BCUT2D eigenvalue weighted by molar-refractivity contribution is 5.97. The Kier molecular flexibility index (Phi) is 7.98. The van der Waals surface area contributed by atoms with Gasteiger partial charge >= 0.3 is 0 Å². The fourth-order valence-corrected chi connectivity index (χ4v) is 5.12. The fourth-order valence-electron chi connectivity index (χ4n) is 5.12. The number of carbonyl (C=O) groups is 1. The second-order valence-corrected chi connectivity index (χ2v) is 12.6. The molecule has 0 fully saturated rings. The predicted octanol–water partition coefficient (Wildman–Crippen LogP) is 6.11. The van der Waals surface area contributed by atoms with E-state index in [2.05, 4.69) is 45.7 Å². The molecule has 0 spiro atoms. The van der Waals surface area contributed by atoms with Gasteiger partial charge in [-0.2, -0.15) is 5.10 Å². The van der Waals surface area contributed by atoms with E-state index in [0.717, 1.165) is 23.1 Å². The molecule has 6 rings (SSSR count). The zero-order valence-electron chi connectivity index (χ0n) is 25.9. The van der Waals surface area contributed by atoms with Crippen molar-refractivity contribution in [2.24, 2.45) is 5.41 Å². The maximum Gasteiger partial charge on any atom is 0.224 e. The maximum absolute atomic E-state index is 14.7. The number of amides is 1. The van der Waals surface area contributed by atoms with Crippen LogP contribution >= 0.6 is 0 Å². The number of pyridine rings is 3. The van der Waals surface area contributed by atoms with Gasteiger partial charge in [-0.25, -0.2) is 14.4 Å². The van der Waals surface area contributed by atoms with Crippen LogP contribution in [-0.4, -0.2) is 73.1 Å². The van der Waals surface area contributed by atoms with Crippen LogP contribution in [0.2, 0.25) is 0 Å². The molecule has 0 unspecified atom stereocenters. The number of likely N-dealkylation sites (N-methyl/N-ethyl adjacent to an activating group) is 1. The van der Waals surface area contributed by atoms with Gasteiger partial charge in [-0.05, 0) is 55.4 Å². The SMILES string of the molecule is CN(C)CCNc1cc(F)cc(-c2cncc3[nH]c(-c4[nH]nc5ncc(-c6cncc(NC(=O)CC(C)(C)C)c6)cc45)nc23)c1. The third kappa shape index (κ3) is 6.80. The lowest BCUT2D eigenvalue weighted by atomic mass is 9.92. The number of halogens is 1. The Labute approximate surface area is 259 Å². The lowest BCUT2D eigenvalue weighted by molar-refractivity contribution is -0.117. The number of imidazole rings is 1. The van der Waals surface area contributed by atoms with Crippen LogP contribution < -0.4 is 10.6 Å². The van der Waals surface area contributed by atoms with Crippen molar-refractivity contribution < 1.29 is 9.18 Å². The van der Waals surface area contributed by atoms with Crippen molar-refractivity contribution in [2.45, 2.75) is 27.2 Å². The Bertz CT molecular complexity index is 2010. The molecular formula is C33H35FN10O. The third-order valence-corrected chi connectivity index (χ3v) is 7.18. The van der Waals surface area contributed by atoms with E-state index in [0.29, 0.717) is 63.7 Å². The number of H-pyrrole nitrogens is 2. The molecule has 5 aromatic heterocycles. The summed E-state index contributed by atoms with van der Waals surface area (Å²) < 4.78 is 14.7. The number of hydrogen-bond acceptors (Lipinski definition) is 8. The van der Waals surface area contributed by atoms with Gasteiger partial charge in [-0.15, -0.1) is 0 Å². The van der Waals surface area contributed by atoms with Gasteiger partial charge in [-0.1, -0.05) is 20.8 Å². The maximum atomic E-state index is 14.7. The monoisotopic (exact) mass is 606 g/mol. The van der Waals surface area contributed by atoms with Gasteiger partial charge in [0.05, 0.1) is 34.5 Å². The first-order valence-corrected chi connectivity index (χ1v) is 14.7. The summed E-state index contributed by atoms with van der Waals surface area (Å²) >= 11 is 0. The molecular weight excluding hydrogens is 571 g/mol. The van der Waals surface area contributed by atoms with Crippen LogP contribution in [0.3, 0.4) is 0 Å². The number of carbonyl (C=O) groups excluding carboxylic acids is 1. The number of anilines is 2. The first-order chi connectivity index (χ1) is 21.5. The minimum atomic E-state index is -0.349. The van der Waals surface area contributed by atoms with Crippen LogP contribution in [0.25, 0.3) is 55.8 Å². The summed E-state index contributed by atoms with van der Waals surface area (Å²) in [6.07, 6.45) is 8.85. The summed E-state index contributed by atoms with van der Waals surface area (Å²) in [5.41, 5.74) is 6.65. The number of aromatic nitrogens is 7. The van der Waals surface area contributed by atoms with E-state index in [1.54, 1.807) is 31.0 Å². The molecule has 11 nitrogen and oxygen atoms in total. The number of aromatic amines is 2. The van der Waals surface area contributed by atoms with Crippen LogP contribution in [0.4, 0.5) is 15.8 Å². The average molecular weight is 607 g/mol. The minimum Gasteiger partial charge on any atom is -0.384 e. The van der Waals surface area contributed by atoms with Gasteiger partial charge < -0.3 is 20.5 Å². The van der Waals surface area contributed by atoms with E-state index in [-0.39, 0.29) is 17.1 Å². The average Bonchev–Trinajstić information content (AvgIpc) is 3.59. The summed E-state index contributed by atoms with van der Waals surface area (Å²) in [6, 6.07) is 8.70. The molecule has 4 N–H and O–H groups in total. The fraction of sp³-hybridized carbons (Fsp3) is 0.273. The van der Waals surface area contributed by atoms with Crippen LogP contribution in [0.5, 0.6) is 0 Å². The summed E-state index contributed by atoms with van der Waals surface area (Å²) in [5.74, 6) is 0.127. The minimum absolute atomic E-state index is 0.0686. The molecule has 1 amide bonds. The lowest BCUT2D eigenvalue weighted by Gasteiger charge is -2.17. The van der Waals surface area contributed by atoms with Crippen molar-refractivity contribution in [3.05, 3.63) is 67.1 Å². The molecule has 0 atom stereocenters. The van der Waals surface area contributed by atoms with Gasteiger partial charge in [0.15, 0.2) is 11.5 Å². The molecule has 0 aliphatic heterocycles. The number of fused-ring (bicyclic) bond motifs is 2. The van der Waals surface area contributed by atoms with Gasteiger partial charge in [0.25, 0.3) is 0 Å². The van der Waals surface area contributed by atoms with Gasteiger partial charge in [0, 0.05) is 60.5 Å². The van der Waals surface area contributed by atoms with Crippen molar-refractivity contribution in [3.63, 3.8) is 0 Å². The number of nitrogens with zero attached hydrogens (tertiary/aromatic N) is 6. The Hall–Kier alpha value is -5.23. The van der Waals surface area contributed by atoms with Gasteiger partial charge in [-0.3, -0.25) is 19.9 Å². The number of benzene rings is 1. The quantitative estimate of drug-likeness (QED) is 0.155. The van der Waals surface area contributed by atoms with Crippen molar-refractivity contribution in [3.8, 4) is 33.8 Å². The molecule has 0 bridgehead atoms. The molecule has 230 valence electrons. The van der Waals surface area contributed by atoms with Crippen molar-refractivity contribution in [1.82, 2.24) is 40.0 Å². The Balaban J connectivity index is 1.33. The molecule has 12 heteroatoms. The van der Waals surface area contributed by atoms with E-state index in [1.165, 1.54) is 12.1 Å². The van der Waals surface area contributed by atoms with E-state index < -0.39 is 0 Å². The first kappa shape index (κ1) is 29.8. The molecule has 5 heterocycles. The van der Waals surface area contributed by atoms with E-state index in [4.69, 9.17) is 4.98 Å². The Morgan fingerprint density at radius 1 is 0.933 bits per heavy atom. The summed E-state index contributed by atoms with van der Waals surface area (Å²) in [5, 5.41) is 14.4. The molecule has 45 heavy (non-hydrogen) atoms. The van der Waals surface area contributed by atoms with Gasteiger partial charge in [0.2, 0.25) is 5.91 Å². The van der Waals surface area contributed by atoms with Crippen molar-refractivity contribution in [1.29, 1.82) is 0 Å². The third-order valence-electron chi connectivity index (χ3n) is 7.18. The molecule has 0 aliphatic rings. The summed E-state index contributed by atoms with van der Waals surface area (Å²) in [7, 11) is 3.98. The van der Waals surface area contributed by atoms with Crippen LogP contribution in [-0.2, 0) is 4.79 Å². The molecule has 0 radical (unpaired) electrons. The Morgan fingerprint density at radius 3 is 2.51 bits per heavy atom. The highest BCUT2D eigenvalue weighted by atomic mass is 19.1. The number of nitrogens with one attached hydrogen (secondary N) is 4. The van der Waals surface area contributed by atoms with Crippen molar-refractivity contribution in [2.75, 3.05) is 37.8 Å². The number of hydrogen-bond donors (Lipinski definition) is 4. The smallest absolute Gasteiger partial charge is 0.224 e. The molecule has 1 aromatic carbocycles.